The number of rotatable bonds is 19. The van der Waals surface area contributed by atoms with Crippen molar-refractivity contribution in [2.75, 3.05) is 32.8 Å². The highest BCUT2D eigenvalue weighted by Crippen LogP contribution is 2.13. The van der Waals surface area contributed by atoms with Crippen LogP contribution in [0.5, 0.6) is 0 Å². The fraction of sp³-hybridized carbons (Fsp3) is 0.833. The van der Waals surface area contributed by atoms with Crippen molar-refractivity contribution in [3.05, 3.63) is 12.2 Å². The molecule has 0 saturated carbocycles. The number of nitrogens with zero attached hydrogens (tertiary/aromatic N) is 2. The zero-order valence-corrected chi connectivity index (χ0v) is 18.7. The third-order valence-electron chi connectivity index (χ3n) is 5.72. The predicted octanol–water partition coefficient (Wildman–Crippen LogP) is 3.49. The van der Waals surface area contributed by atoms with Crippen LogP contribution in [0.2, 0.25) is 0 Å². The highest BCUT2D eigenvalue weighted by atomic mass is 16.4. The molecule has 0 unspecified atom stereocenters. The van der Waals surface area contributed by atoms with E-state index >= 15 is 0 Å². The Hall–Kier alpha value is -1.36. The maximum atomic E-state index is 10.9. The molecular weight excluding hydrogens is 364 g/mol. The molecule has 168 valence electrons. The number of aliphatic carboxylic acids is 1. The van der Waals surface area contributed by atoms with Gasteiger partial charge in [-0.05, 0) is 32.1 Å². The van der Waals surface area contributed by atoms with Crippen LogP contribution in [0.1, 0.15) is 96.8 Å². The molecule has 1 N–H and O–H groups in total. The molecule has 0 spiro atoms. The first-order valence-corrected chi connectivity index (χ1v) is 12.0. The standard InChI is InChI=1S/C24H44N2O3/c1-2-3-4-5-6-7-8-9-10-11-12-13-14-15-16-17-23-25(20-21-27)18-19-26(23)22-24(28)29/h9-10,27H,2-8,11-22H2,1H3/b10-9-. The number of carboxylic acid groups (broad SMARTS) is 1. The first-order valence-electron chi connectivity index (χ1n) is 12.0. The van der Waals surface area contributed by atoms with Crippen LogP contribution in [0.4, 0.5) is 0 Å². The van der Waals surface area contributed by atoms with Crippen LogP contribution in [0.3, 0.4) is 0 Å². The number of carbonyl (C=O) groups excluding carboxylic acids is 1. The molecule has 0 aromatic rings. The van der Waals surface area contributed by atoms with E-state index in [9.17, 15) is 15.0 Å². The van der Waals surface area contributed by atoms with Crippen LogP contribution >= 0.6 is 0 Å². The van der Waals surface area contributed by atoms with Crippen molar-refractivity contribution in [2.24, 2.45) is 0 Å². The lowest BCUT2D eigenvalue weighted by atomic mass is 10.1. The van der Waals surface area contributed by atoms with Gasteiger partial charge in [-0.15, -0.1) is 0 Å². The molecule has 1 aliphatic rings. The summed E-state index contributed by atoms with van der Waals surface area (Å²) in [6, 6.07) is 0. The lowest BCUT2D eigenvalue weighted by Crippen LogP contribution is -2.36. The molecule has 1 heterocycles. The number of hydrogen-bond donors (Lipinski definition) is 1. The first-order chi connectivity index (χ1) is 14.2. The van der Waals surface area contributed by atoms with Crippen molar-refractivity contribution in [1.82, 2.24) is 4.90 Å². The topological polar surface area (TPSA) is 66.6 Å². The van der Waals surface area contributed by atoms with E-state index in [4.69, 9.17) is 0 Å². The maximum Gasteiger partial charge on any atom is 0.247 e. The SMILES string of the molecule is CCCCCCCC/C=C\CCCCCCCC1=[N+](CC(=O)[O-])CCN1CCO. The van der Waals surface area contributed by atoms with Crippen molar-refractivity contribution >= 4 is 11.8 Å². The molecule has 1 aliphatic heterocycles. The van der Waals surface area contributed by atoms with E-state index in [-0.39, 0.29) is 13.2 Å². The van der Waals surface area contributed by atoms with Crippen LogP contribution in [-0.2, 0) is 4.79 Å². The Morgan fingerprint density at radius 3 is 2.17 bits per heavy atom. The quantitative estimate of drug-likeness (QED) is 0.202. The van der Waals surface area contributed by atoms with E-state index < -0.39 is 5.97 Å². The van der Waals surface area contributed by atoms with Gasteiger partial charge in [0.05, 0.1) is 12.6 Å². The molecule has 0 aliphatic carbocycles. The average molecular weight is 409 g/mol. The van der Waals surface area contributed by atoms with Crippen molar-refractivity contribution in [3.8, 4) is 0 Å². The van der Waals surface area contributed by atoms with Crippen LogP contribution in [0.25, 0.3) is 0 Å². The monoisotopic (exact) mass is 408 g/mol. The zero-order chi connectivity index (χ0) is 21.2. The summed E-state index contributed by atoms with van der Waals surface area (Å²) < 4.78 is 1.90. The normalized spacial score (nSPS) is 14.5. The Morgan fingerprint density at radius 1 is 1.00 bits per heavy atom. The number of amidine groups is 1. The smallest absolute Gasteiger partial charge is 0.247 e. The van der Waals surface area contributed by atoms with Crippen molar-refractivity contribution in [3.63, 3.8) is 0 Å². The molecule has 0 fully saturated rings. The third-order valence-corrected chi connectivity index (χ3v) is 5.72. The number of hydrogen-bond acceptors (Lipinski definition) is 4. The Kier molecular flexibility index (Phi) is 15.5. The molecule has 0 atom stereocenters. The lowest BCUT2D eigenvalue weighted by Gasteiger charge is -2.12. The minimum absolute atomic E-state index is 0.0393. The van der Waals surface area contributed by atoms with Gasteiger partial charge in [-0.3, -0.25) is 9.48 Å². The van der Waals surface area contributed by atoms with E-state index in [1.54, 1.807) is 0 Å². The molecule has 0 radical (unpaired) electrons. The fourth-order valence-electron chi connectivity index (χ4n) is 4.06. The van der Waals surface area contributed by atoms with E-state index in [1.165, 1.54) is 77.0 Å². The van der Waals surface area contributed by atoms with Crippen LogP contribution in [0.15, 0.2) is 12.2 Å². The summed E-state index contributed by atoms with van der Waals surface area (Å²) in [5.41, 5.74) is 0. The molecule has 0 amide bonds. The summed E-state index contributed by atoms with van der Waals surface area (Å²) >= 11 is 0. The molecule has 0 saturated heterocycles. The second-order valence-corrected chi connectivity index (χ2v) is 8.25. The number of unbranched alkanes of at least 4 members (excludes halogenated alkanes) is 11. The van der Waals surface area contributed by atoms with Gasteiger partial charge in [0.1, 0.15) is 26.2 Å². The van der Waals surface area contributed by atoms with Gasteiger partial charge in [0.25, 0.3) is 0 Å². The highest BCUT2D eigenvalue weighted by molar-refractivity contribution is 5.79. The Balaban J connectivity index is 2.05. The second kappa shape index (κ2) is 17.5. The number of β-amino-alcohol motifs (C(OH)–C–C–N with tert-alkyl or cyclic N) is 1. The van der Waals surface area contributed by atoms with Crippen molar-refractivity contribution in [1.29, 1.82) is 0 Å². The van der Waals surface area contributed by atoms with Gasteiger partial charge >= 0.3 is 0 Å². The van der Waals surface area contributed by atoms with Gasteiger partial charge in [-0.1, -0.05) is 70.4 Å². The van der Waals surface area contributed by atoms with E-state index in [0.29, 0.717) is 13.1 Å². The summed E-state index contributed by atoms with van der Waals surface area (Å²) in [7, 11) is 0. The molecule has 0 bridgehead atoms. The Morgan fingerprint density at radius 2 is 1.59 bits per heavy atom. The predicted molar refractivity (Wildman–Crippen MR) is 118 cm³/mol. The summed E-state index contributed by atoms with van der Waals surface area (Å²) in [6.07, 6.45) is 22.2. The summed E-state index contributed by atoms with van der Waals surface area (Å²) in [5.74, 6) is 0.0405. The number of carbonyl (C=O) groups is 1. The number of carboxylic acids is 1. The summed E-state index contributed by atoms with van der Waals surface area (Å²) in [5, 5.41) is 20.1. The molecule has 0 aromatic carbocycles. The van der Waals surface area contributed by atoms with E-state index in [0.717, 1.165) is 25.2 Å². The van der Waals surface area contributed by atoms with Crippen LogP contribution in [0, 0.1) is 0 Å². The molecule has 1 rings (SSSR count). The highest BCUT2D eigenvalue weighted by Gasteiger charge is 2.29. The summed E-state index contributed by atoms with van der Waals surface area (Å²) in [6.45, 7) is 4.43. The molecule has 0 aromatic heterocycles. The van der Waals surface area contributed by atoms with E-state index in [1.807, 2.05) is 4.58 Å². The molecular formula is C24H44N2O3. The maximum absolute atomic E-state index is 10.9. The first kappa shape index (κ1) is 25.7. The second-order valence-electron chi connectivity index (χ2n) is 8.25. The van der Waals surface area contributed by atoms with E-state index in [2.05, 4.69) is 24.0 Å². The minimum Gasteiger partial charge on any atom is -0.546 e. The van der Waals surface area contributed by atoms with Gasteiger partial charge in [0.15, 0.2) is 0 Å². The molecule has 5 heteroatoms. The van der Waals surface area contributed by atoms with Crippen LogP contribution in [-0.4, -0.2) is 59.2 Å². The Labute approximate surface area is 178 Å². The van der Waals surface area contributed by atoms with Crippen molar-refractivity contribution in [2.45, 2.75) is 96.8 Å². The minimum atomic E-state index is -1.03. The number of aliphatic hydroxyl groups excluding tert-OH is 1. The van der Waals surface area contributed by atoms with Gasteiger partial charge in [0.2, 0.25) is 5.84 Å². The van der Waals surface area contributed by atoms with Gasteiger partial charge in [-0.2, -0.15) is 0 Å². The van der Waals surface area contributed by atoms with Crippen LogP contribution < -0.4 is 5.11 Å². The Bertz CT molecular complexity index is 489. The van der Waals surface area contributed by atoms with Gasteiger partial charge < -0.3 is 15.0 Å². The number of allylic oxidation sites excluding steroid dienone is 2. The average Bonchev–Trinajstić information content (AvgIpc) is 3.06. The zero-order valence-electron chi connectivity index (χ0n) is 18.7. The molecule has 29 heavy (non-hydrogen) atoms. The van der Waals surface area contributed by atoms with Gasteiger partial charge in [-0.25, -0.2) is 0 Å². The number of aliphatic hydroxyl groups is 1. The van der Waals surface area contributed by atoms with Crippen molar-refractivity contribution < 1.29 is 19.6 Å². The lowest BCUT2D eigenvalue weighted by molar-refractivity contribution is -0.520. The van der Waals surface area contributed by atoms with Gasteiger partial charge in [0, 0.05) is 6.42 Å². The fourth-order valence-corrected chi connectivity index (χ4v) is 4.06. The summed E-state index contributed by atoms with van der Waals surface area (Å²) in [4.78, 5) is 13.1. The molecule has 5 nitrogen and oxygen atoms in total. The largest absolute Gasteiger partial charge is 0.546 e. The third kappa shape index (κ3) is 12.7.